The average molecular weight is 171 g/mol. The predicted molar refractivity (Wildman–Crippen MR) is 39.2 cm³/mol. The number of nitrogen functional groups attached to an aromatic ring is 1. The van der Waals surface area contributed by atoms with Gasteiger partial charge >= 0.3 is 11.8 Å². The van der Waals surface area contributed by atoms with E-state index in [0.29, 0.717) is 0 Å². The molecule has 0 fully saturated rings. The number of hydrogen-bond donors (Lipinski definition) is 3. The molecular formula is C5H5N3O4. The van der Waals surface area contributed by atoms with Gasteiger partial charge in [0.2, 0.25) is 0 Å². The summed E-state index contributed by atoms with van der Waals surface area (Å²) >= 11 is 0. The van der Waals surface area contributed by atoms with Crippen molar-refractivity contribution in [3.8, 4) is 0 Å². The zero-order valence-electron chi connectivity index (χ0n) is 5.77. The maximum Gasteiger partial charge on any atom is 0.419 e. The zero-order chi connectivity index (χ0) is 9.30. The number of H-pyrrole nitrogens is 1. The largest absolute Gasteiger partial charge is 0.464 e. The Labute approximate surface area is 65.1 Å². The fourth-order valence-corrected chi connectivity index (χ4v) is 0.628. The lowest BCUT2D eigenvalue weighted by molar-refractivity contribution is 0.195. The summed E-state index contributed by atoms with van der Waals surface area (Å²) in [5, 5.41) is 8.37. The minimum atomic E-state index is -1.50. The van der Waals surface area contributed by atoms with Crippen LogP contribution in [0.15, 0.2) is 15.8 Å². The van der Waals surface area contributed by atoms with Gasteiger partial charge in [-0.25, -0.2) is 14.2 Å². The first kappa shape index (κ1) is 8.05. The van der Waals surface area contributed by atoms with E-state index in [1.165, 1.54) is 0 Å². The Morgan fingerprint density at radius 2 is 2.17 bits per heavy atom. The number of anilines is 1. The summed E-state index contributed by atoms with van der Waals surface area (Å²) in [4.78, 5) is 33.3. The van der Waals surface area contributed by atoms with E-state index in [1.807, 2.05) is 0 Å². The fourth-order valence-electron chi connectivity index (χ4n) is 0.628. The lowest BCUT2D eigenvalue weighted by Gasteiger charge is -1.96. The number of carbonyl (C=O) groups is 1. The number of nitrogens with one attached hydrogen (secondary N) is 1. The second-order valence-electron chi connectivity index (χ2n) is 2.00. The molecule has 4 N–H and O–H groups in total. The van der Waals surface area contributed by atoms with Gasteiger partial charge in [-0.15, -0.1) is 0 Å². The molecule has 0 bridgehead atoms. The highest BCUT2D eigenvalue weighted by Crippen LogP contribution is 1.85. The molecule has 0 aromatic carbocycles. The van der Waals surface area contributed by atoms with Crippen molar-refractivity contribution in [2.75, 3.05) is 5.73 Å². The molecule has 1 rings (SSSR count). The minimum absolute atomic E-state index is 0.288. The van der Waals surface area contributed by atoms with E-state index in [9.17, 15) is 14.4 Å². The van der Waals surface area contributed by atoms with E-state index < -0.39 is 17.3 Å². The third kappa shape index (κ3) is 1.19. The molecule has 7 heteroatoms. The maximum absolute atomic E-state index is 10.7. The van der Waals surface area contributed by atoms with Crippen LogP contribution in [0.2, 0.25) is 0 Å². The first-order valence-electron chi connectivity index (χ1n) is 2.87. The topological polar surface area (TPSA) is 118 Å². The van der Waals surface area contributed by atoms with Crippen LogP contribution in [0.1, 0.15) is 0 Å². The van der Waals surface area contributed by atoms with Gasteiger partial charge in [0.1, 0.15) is 5.69 Å². The van der Waals surface area contributed by atoms with Crippen molar-refractivity contribution in [1.29, 1.82) is 0 Å². The van der Waals surface area contributed by atoms with Crippen LogP contribution in [0.25, 0.3) is 0 Å². The number of rotatable bonds is 0. The molecule has 1 aromatic rings. The van der Waals surface area contributed by atoms with Crippen LogP contribution < -0.4 is 17.0 Å². The SMILES string of the molecule is Nc1cn(C(=O)O)c(=O)[nH]c1=O. The molecule has 0 aliphatic heterocycles. The second-order valence-corrected chi connectivity index (χ2v) is 2.00. The van der Waals surface area contributed by atoms with Crippen LogP contribution in [-0.2, 0) is 0 Å². The normalized spacial score (nSPS) is 9.67. The minimum Gasteiger partial charge on any atom is -0.464 e. The van der Waals surface area contributed by atoms with Gasteiger partial charge in [-0.2, -0.15) is 0 Å². The highest BCUT2D eigenvalue weighted by Gasteiger charge is 2.05. The van der Waals surface area contributed by atoms with Crippen molar-refractivity contribution in [3.05, 3.63) is 27.0 Å². The Kier molecular flexibility index (Phi) is 1.70. The van der Waals surface area contributed by atoms with Crippen LogP contribution in [0, 0.1) is 0 Å². The quantitative estimate of drug-likeness (QED) is 0.445. The van der Waals surface area contributed by atoms with E-state index in [0.717, 1.165) is 6.20 Å². The summed E-state index contributed by atoms with van der Waals surface area (Å²) in [6, 6.07) is 0. The van der Waals surface area contributed by atoms with Gasteiger partial charge in [-0.1, -0.05) is 0 Å². The zero-order valence-corrected chi connectivity index (χ0v) is 5.77. The van der Waals surface area contributed by atoms with E-state index in [1.54, 1.807) is 4.98 Å². The number of nitrogens with two attached hydrogens (primary N) is 1. The van der Waals surface area contributed by atoms with Crippen molar-refractivity contribution in [3.63, 3.8) is 0 Å². The van der Waals surface area contributed by atoms with Crippen molar-refractivity contribution >= 4 is 11.8 Å². The maximum atomic E-state index is 10.7. The monoisotopic (exact) mass is 171 g/mol. The molecule has 0 unspecified atom stereocenters. The smallest absolute Gasteiger partial charge is 0.419 e. The first-order valence-corrected chi connectivity index (χ1v) is 2.87. The average Bonchev–Trinajstić information content (AvgIpc) is 1.96. The molecule has 0 saturated carbocycles. The summed E-state index contributed by atoms with van der Waals surface area (Å²) in [6.07, 6.45) is -0.744. The standard InChI is InChI=1S/C5H5N3O4/c6-2-1-8(5(11)12)4(10)7-3(2)9/h1H,6H2,(H,11,12)(H,7,9,10). The Hall–Kier alpha value is -2.05. The van der Waals surface area contributed by atoms with Gasteiger partial charge in [0.25, 0.3) is 5.56 Å². The molecule has 0 atom stereocenters. The molecule has 1 aromatic heterocycles. The Bertz CT molecular complexity index is 429. The van der Waals surface area contributed by atoms with Crippen LogP contribution in [0.5, 0.6) is 0 Å². The van der Waals surface area contributed by atoms with Gasteiger partial charge in [-0.3, -0.25) is 9.78 Å². The van der Waals surface area contributed by atoms with Crippen LogP contribution in [0.3, 0.4) is 0 Å². The van der Waals surface area contributed by atoms with Gasteiger partial charge in [0.05, 0.1) is 0 Å². The van der Waals surface area contributed by atoms with E-state index in [-0.39, 0.29) is 10.3 Å². The molecule has 0 spiro atoms. The van der Waals surface area contributed by atoms with Gasteiger partial charge < -0.3 is 10.8 Å². The van der Waals surface area contributed by atoms with Crippen molar-refractivity contribution in [1.82, 2.24) is 9.55 Å². The lowest BCUT2D eigenvalue weighted by Crippen LogP contribution is -2.34. The Morgan fingerprint density at radius 1 is 1.58 bits per heavy atom. The molecule has 0 saturated heterocycles. The number of hydrogen-bond acceptors (Lipinski definition) is 4. The highest BCUT2D eigenvalue weighted by atomic mass is 16.4. The highest BCUT2D eigenvalue weighted by molar-refractivity contribution is 5.68. The van der Waals surface area contributed by atoms with Crippen LogP contribution in [-0.4, -0.2) is 20.8 Å². The molecule has 12 heavy (non-hydrogen) atoms. The third-order valence-corrected chi connectivity index (χ3v) is 1.18. The second kappa shape index (κ2) is 2.53. The van der Waals surface area contributed by atoms with Crippen LogP contribution in [0.4, 0.5) is 10.5 Å². The number of nitrogens with zero attached hydrogens (tertiary/aromatic N) is 1. The molecular weight excluding hydrogens is 166 g/mol. The van der Waals surface area contributed by atoms with E-state index in [2.05, 4.69) is 0 Å². The third-order valence-electron chi connectivity index (χ3n) is 1.18. The van der Waals surface area contributed by atoms with Gasteiger partial charge in [-0.05, 0) is 0 Å². The number of aromatic amines is 1. The van der Waals surface area contributed by atoms with E-state index >= 15 is 0 Å². The van der Waals surface area contributed by atoms with Crippen molar-refractivity contribution in [2.45, 2.75) is 0 Å². The van der Waals surface area contributed by atoms with Crippen LogP contribution >= 0.6 is 0 Å². The fraction of sp³-hybridized carbons (Fsp3) is 0. The Balaban J connectivity index is 3.54. The molecule has 0 aliphatic rings. The Morgan fingerprint density at radius 3 is 2.67 bits per heavy atom. The van der Waals surface area contributed by atoms with Crippen molar-refractivity contribution in [2.24, 2.45) is 0 Å². The van der Waals surface area contributed by atoms with Crippen molar-refractivity contribution < 1.29 is 9.90 Å². The first-order chi connectivity index (χ1) is 5.52. The summed E-state index contributed by atoms with van der Waals surface area (Å²) in [5.74, 6) is 0. The summed E-state index contributed by atoms with van der Waals surface area (Å²) in [6.45, 7) is 0. The van der Waals surface area contributed by atoms with Gasteiger partial charge in [0, 0.05) is 6.20 Å². The molecule has 7 nitrogen and oxygen atoms in total. The molecule has 1 heterocycles. The molecule has 0 amide bonds. The lowest BCUT2D eigenvalue weighted by atomic mass is 10.5. The molecule has 0 aliphatic carbocycles. The molecule has 64 valence electrons. The number of aromatic nitrogens is 2. The van der Waals surface area contributed by atoms with Gasteiger partial charge in [0.15, 0.2) is 0 Å². The summed E-state index contributed by atoms with van der Waals surface area (Å²) in [5.41, 5.74) is 2.92. The molecule has 0 radical (unpaired) electrons. The summed E-state index contributed by atoms with van der Waals surface area (Å²) < 4.78 is 0.288. The van der Waals surface area contributed by atoms with E-state index in [4.69, 9.17) is 10.8 Å². The number of carboxylic acid groups (broad SMARTS) is 1. The summed E-state index contributed by atoms with van der Waals surface area (Å²) in [7, 11) is 0. The predicted octanol–water partition coefficient (Wildman–Crippen LogP) is -1.36.